The molecule has 0 fully saturated rings. The van der Waals surface area contributed by atoms with E-state index in [-0.39, 0.29) is 11.9 Å². The number of rotatable bonds is 3. The lowest BCUT2D eigenvalue weighted by molar-refractivity contribution is 0.261. The molecule has 3 rings (SSSR count). The first-order chi connectivity index (χ1) is 11.1. The summed E-state index contributed by atoms with van der Waals surface area (Å²) in [5.74, 6) is 0.275. The van der Waals surface area contributed by atoms with Crippen LogP contribution in [-0.2, 0) is 0 Å². The largest absolute Gasteiger partial charge is 0.403 e. The number of hydrogen-bond donors (Lipinski definition) is 2. The fraction of sp³-hybridized carbons (Fsp3) is 0. The highest BCUT2D eigenvalue weighted by Gasteiger charge is 2.11. The molecule has 3 aromatic rings. The van der Waals surface area contributed by atoms with Crippen LogP contribution in [0.2, 0.25) is 10.0 Å². The first-order valence-corrected chi connectivity index (χ1v) is 7.14. The lowest BCUT2D eigenvalue weighted by Crippen LogP contribution is -2.19. The van der Waals surface area contributed by atoms with Crippen LogP contribution in [0.3, 0.4) is 0 Å². The van der Waals surface area contributed by atoms with Gasteiger partial charge in [-0.05, 0) is 30.3 Å². The molecular formula is C14H9Cl2N5O2. The van der Waals surface area contributed by atoms with Crippen molar-refractivity contribution in [3.8, 4) is 11.5 Å². The summed E-state index contributed by atoms with van der Waals surface area (Å²) in [4.78, 5) is 15.8. The molecule has 116 valence electrons. The van der Waals surface area contributed by atoms with Gasteiger partial charge in [-0.25, -0.2) is 4.79 Å². The van der Waals surface area contributed by atoms with Crippen molar-refractivity contribution in [1.29, 1.82) is 0 Å². The molecule has 0 aliphatic carbocycles. The van der Waals surface area contributed by atoms with E-state index in [4.69, 9.17) is 27.6 Å². The Morgan fingerprint density at radius 3 is 2.52 bits per heavy atom. The van der Waals surface area contributed by atoms with Crippen LogP contribution in [0.5, 0.6) is 0 Å². The summed E-state index contributed by atoms with van der Waals surface area (Å²) < 4.78 is 5.35. The molecule has 2 amide bonds. The monoisotopic (exact) mass is 349 g/mol. The van der Waals surface area contributed by atoms with Crippen LogP contribution in [0, 0.1) is 0 Å². The zero-order chi connectivity index (χ0) is 16.2. The predicted molar refractivity (Wildman–Crippen MR) is 86.6 cm³/mol. The van der Waals surface area contributed by atoms with Crippen molar-refractivity contribution in [3.05, 3.63) is 52.8 Å². The van der Waals surface area contributed by atoms with Crippen molar-refractivity contribution in [2.45, 2.75) is 0 Å². The first-order valence-electron chi connectivity index (χ1n) is 6.39. The molecule has 23 heavy (non-hydrogen) atoms. The third-order valence-corrected chi connectivity index (χ3v) is 3.49. The van der Waals surface area contributed by atoms with Crippen LogP contribution in [0.25, 0.3) is 11.5 Å². The number of urea groups is 1. The standard InChI is InChI=1S/C14H9Cl2N5O2/c15-10-2-1-9(7-11(10)16)18-13(22)19-14-21-20-12(23-14)8-3-5-17-6-4-8/h1-7H,(H2,18,19,21,22). The van der Waals surface area contributed by atoms with Crippen LogP contribution in [0.4, 0.5) is 16.5 Å². The summed E-state index contributed by atoms with van der Waals surface area (Å²) >= 11 is 11.7. The molecule has 0 radical (unpaired) electrons. The second-order valence-corrected chi connectivity index (χ2v) is 5.17. The number of carbonyl (C=O) groups is 1. The molecule has 0 saturated carbocycles. The SMILES string of the molecule is O=C(Nc1ccc(Cl)c(Cl)c1)Nc1nnc(-c2ccncc2)o1. The number of pyridine rings is 1. The number of hydrogen-bond acceptors (Lipinski definition) is 5. The first kappa shape index (κ1) is 15.3. The smallest absolute Gasteiger partial charge is 0.327 e. The number of carbonyl (C=O) groups excluding carboxylic acids is 1. The van der Waals surface area contributed by atoms with Gasteiger partial charge in [-0.15, -0.1) is 5.10 Å². The molecule has 0 bridgehead atoms. The molecule has 0 aliphatic heterocycles. The Kier molecular flexibility index (Phi) is 4.40. The summed E-state index contributed by atoms with van der Waals surface area (Å²) in [6.45, 7) is 0. The zero-order valence-corrected chi connectivity index (χ0v) is 13.0. The highest BCUT2D eigenvalue weighted by Crippen LogP contribution is 2.25. The van der Waals surface area contributed by atoms with E-state index in [2.05, 4.69) is 25.8 Å². The fourth-order valence-corrected chi connectivity index (χ4v) is 2.02. The minimum atomic E-state index is -0.548. The molecule has 2 aromatic heterocycles. The Labute approximate surface area is 140 Å². The number of anilines is 2. The van der Waals surface area contributed by atoms with Crippen LogP contribution in [0.15, 0.2) is 47.1 Å². The Balaban J connectivity index is 1.66. The maximum Gasteiger partial charge on any atom is 0.327 e. The van der Waals surface area contributed by atoms with E-state index in [0.717, 1.165) is 0 Å². The van der Waals surface area contributed by atoms with E-state index >= 15 is 0 Å². The lowest BCUT2D eigenvalue weighted by Gasteiger charge is -2.05. The number of amides is 2. The minimum absolute atomic E-state index is 0.0330. The molecule has 9 heteroatoms. The highest BCUT2D eigenvalue weighted by molar-refractivity contribution is 6.42. The molecule has 0 unspecified atom stereocenters. The minimum Gasteiger partial charge on any atom is -0.403 e. The van der Waals surface area contributed by atoms with Gasteiger partial charge >= 0.3 is 12.0 Å². The number of nitrogens with one attached hydrogen (secondary N) is 2. The van der Waals surface area contributed by atoms with Crippen molar-refractivity contribution >= 4 is 40.9 Å². The zero-order valence-electron chi connectivity index (χ0n) is 11.5. The van der Waals surface area contributed by atoms with Gasteiger partial charge in [0, 0.05) is 23.6 Å². The second kappa shape index (κ2) is 6.64. The molecule has 0 spiro atoms. The average Bonchev–Trinajstić information content (AvgIpc) is 3.00. The summed E-state index contributed by atoms with van der Waals surface area (Å²) in [6, 6.07) is 7.57. The number of aromatic nitrogens is 3. The van der Waals surface area contributed by atoms with Gasteiger partial charge in [-0.1, -0.05) is 28.3 Å². The number of benzene rings is 1. The third-order valence-electron chi connectivity index (χ3n) is 2.75. The molecule has 7 nitrogen and oxygen atoms in total. The van der Waals surface area contributed by atoms with E-state index in [1.165, 1.54) is 6.07 Å². The van der Waals surface area contributed by atoms with Gasteiger partial charge in [-0.3, -0.25) is 10.3 Å². The van der Waals surface area contributed by atoms with Gasteiger partial charge in [0.25, 0.3) is 0 Å². The van der Waals surface area contributed by atoms with Crippen LogP contribution < -0.4 is 10.6 Å². The molecule has 2 N–H and O–H groups in total. The maximum absolute atomic E-state index is 11.9. The molecule has 1 aromatic carbocycles. The Morgan fingerprint density at radius 1 is 1.00 bits per heavy atom. The highest BCUT2D eigenvalue weighted by atomic mass is 35.5. The summed E-state index contributed by atoms with van der Waals surface area (Å²) in [7, 11) is 0. The summed E-state index contributed by atoms with van der Waals surface area (Å²) in [6.07, 6.45) is 3.20. The Bertz CT molecular complexity index is 838. The quantitative estimate of drug-likeness (QED) is 0.742. The van der Waals surface area contributed by atoms with Crippen molar-refractivity contribution < 1.29 is 9.21 Å². The normalized spacial score (nSPS) is 10.3. The van der Waals surface area contributed by atoms with Gasteiger partial charge in [-0.2, -0.15) is 0 Å². The molecular weight excluding hydrogens is 341 g/mol. The number of nitrogens with zero attached hydrogens (tertiary/aromatic N) is 3. The van der Waals surface area contributed by atoms with Gasteiger partial charge in [0.05, 0.1) is 10.0 Å². The predicted octanol–water partition coefficient (Wildman–Crippen LogP) is 4.08. The Morgan fingerprint density at radius 2 is 1.78 bits per heavy atom. The number of halogens is 2. The van der Waals surface area contributed by atoms with Crippen molar-refractivity contribution in [3.63, 3.8) is 0 Å². The van der Waals surface area contributed by atoms with E-state index in [1.807, 2.05) is 0 Å². The topological polar surface area (TPSA) is 92.9 Å². The van der Waals surface area contributed by atoms with Gasteiger partial charge in [0.2, 0.25) is 5.89 Å². The average molecular weight is 350 g/mol. The maximum atomic E-state index is 11.9. The van der Waals surface area contributed by atoms with Crippen molar-refractivity contribution in [1.82, 2.24) is 15.2 Å². The van der Waals surface area contributed by atoms with Gasteiger partial charge < -0.3 is 9.73 Å². The lowest BCUT2D eigenvalue weighted by atomic mass is 10.3. The van der Waals surface area contributed by atoms with E-state index in [0.29, 0.717) is 21.3 Å². The third kappa shape index (κ3) is 3.77. The molecule has 0 aliphatic rings. The van der Waals surface area contributed by atoms with Crippen LogP contribution in [-0.4, -0.2) is 21.2 Å². The summed E-state index contributed by atoms with van der Waals surface area (Å²) in [5.41, 5.74) is 1.18. The van der Waals surface area contributed by atoms with E-state index < -0.39 is 6.03 Å². The summed E-state index contributed by atoms with van der Waals surface area (Å²) in [5, 5.41) is 13.3. The van der Waals surface area contributed by atoms with Gasteiger partial charge in [0.15, 0.2) is 0 Å². The van der Waals surface area contributed by atoms with Crippen molar-refractivity contribution in [2.75, 3.05) is 10.6 Å². The van der Waals surface area contributed by atoms with E-state index in [9.17, 15) is 4.79 Å². The Hall–Kier alpha value is -2.64. The van der Waals surface area contributed by atoms with E-state index in [1.54, 1.807) is 36.7 Å². The molecule has 0 saturated heterocycles. The molecule has 0 atom stereocenters. The van der Waals surface area contributed by atoms with Gasteiger partial charge in [0.1, 0.15) is 0 Å². The van der Waals surface area contributed by atoms with Crippen molar-refractivity contribution in [2.24, 2.45) is 0 Å². The molecule has 2 heterocycles. The second-order valence-electron chi connectivity index (χ2n) is 4.36. The van der Waals surface area contributed by atoms with Crippen LogP contribution in [0.1, 0.15) is 0 Å². The fourth-order valence-electron chi connectivity index (χ4n) is 1.72. The van der Waals surface area contributed by atoms with Crippen LogP contribution >= 0.6 is 23.2 Å².